The van der Waals surface area contributed by atoms with Gasteiger partial charge in [0.05, 0.1) is 7.11 Å². The number of nitrogens with zero attached hydrogens (tertiary/aromatic N) is 2. The highest BCUT2D eigenvalue weighted by Crippen LogP contribution is 2.23. The molecule has 3 rings (SSSR count). The molecule has 1 amide bonds. The number of ether oxygens (including phenoxy) is 1. The van der Waals surface area contributed by atoms with Crippen LogP contribution in [0.1, 0.15) is 37.7 Å². The smallest absolute Gasteiger partial charge is 0.225 e. The molecule has 1 aromatic rings. The predicted octanol–water partition coefficient (Wildman–Crippen LogP) is 2.92. The van der Waals surface area contributed by atoms with Crippen LogP contribution in [0.5, 0.6) is 5.75 Å². The van der Waals surface area contributed by atoms with Crippen LogP contribution in [0.25, 0.3) is 0 Å². The molecule has 0 atom stereocenters. The van der Waals surface area contributed by atoms with Crippen LogP contribution < -0.4 is 4.74 Å². The predicted molar refractivity (Wildman–Crippen MR) is 91.4 cm³/mol. The summed E-state index contributed by atoms with van der Waals surface area (Å²) in [6, 6.07) is 8.27. The molecule has 2 aliphatic heterocycles. The molecule has 23 heavy (non-hydrogen) atoms. The monoisotopic (exact) mass is 316 g/mol. The van der Waals surface area contributed by atoms with Crippen LogP contribution in [0, 0.1) is 5.92 Å². The summed E-state index contributed by atoms with van der Waals surface area (Å²) in [5.74, 6) is 1.57. The topological polar surface area (TPSA) is 32.8 Å². The summed E-state index contributed by atoms with van der Waals surface area (Å²) in [6.45, 7) is 4.93. The number of benzene rings is 1. The summed E-state index contributed by atoms with van der Waals surface area (Å²) in [7, 11) is 1.71. The van der Waals surface area contributed by atoms with Gasteiger partial charge in [0.15, 0.2) is 0 Å². The Morgan fingerprint density at radius 2 is 1.87 bits per heavy atom. The number of hydrogen-bond acceptors (Lipinski definition) is 3. The van der Waals surface area contributed by atoms with Gasteiger partial charge < -0.3 is 9.64 Å². The number of rotatable bonds is 4. The highest BCUT2D eigenvalue weighted by Gasteiger charge is 2.29. The minimum absolute atomic E-state index is 0.245. The van der Waals surface area contributed by atoms with E-state index in [1.807, 2.05) is 12.1 Å². The lowest BCUT2D eigenvalue weighted by molar-refractivity contribution is -0.138. The molecule has 2 fully saturated rings. The first kappa shape index (κ1) is 16.3. The molecule has 0 N–H and O–H groups in total. The van der Waals surface area contributed by atoms with E-state index >= 15 is 0 Å². The van der Waals surface area contributed by atoms with Crippen LogP contribution in [0.3, 0.4) is 0 Å². The highest BCUT2D eigenvalue weighted by molar-refractivity contribution is 5.79. The van der Waals surface area contributed by atoms with Crippen molar-refractivity contribution in [3.63, 3.8) is 0 Å². The van der Waals surface area contributed by atoms with Gasteiger partial charge in [0.25, 0.3) is 0 Å². The number of hydrogen-bond donors (Lipinski definition) is 0. The fourth-order valence-electron chi connectivity index (χ4n) is 3.74. The molecule has 0 saturated carbocycles. The second-order valence-electron chi connectivity index (χ2n) is 6.79. The van der Waals surface area contributed by atoms with E-state index in [2.05, 4.69) is 21.9 Å². The number of likely N-dealkylation sites (tertiary alicyclic amines) is 2. The van der Waals surface area contributed by atoms with Crippen LogP contribution in [-0.4, -0.2) is 49.0 Å². The lowest BCUT2D eigenvalue weighted by Crippen LogP contribution is -2.44. The Bertz CT molecular complexity index is 518. The van der Waals surface area contributed by atoms with Gasteiger partial charge in [-0.15, -0.1) is 0 Å². The van der Waals surface area contributed by atoms with Crippen LogP contribution >= 0.6 is 0 Å². The van der Waals surface area contributed by atoms with Crippen LogP contribution in [-0.2, 0) is 11.3 Å². The Morgan fingerprint density at radius 3 is 2.57 bits per heavy atom. The Morgan fingerprint density at radius 1 is 1.13 bits per heavy atom. The molecule has 2 heterocycles. The van der Waals surface area contributed by atoms with Gasteiger partial charge in [-0.2, -0.15) is 0 Å². The lowest BCUT2D eigenvalue weighted by Gasteiger charge is -2.35. The van der Waals surface area contributed by atoms with Crippen LogP contribution in [0.15, 0.2) is 24.3 Å². The Kier molecular flexibility index (Phi) is 5.55. The minimum Gasteiger partial charge on any atom is -0.497 e. The number of methoxy groups -OCH3 is 1. The van der Waals surface area contributed by atoms with Crippen molar-refractivity contribution in [2.45, 2.75) is 38.6 Å². The minimum atomic E-state index is 0.245. The van der Waals surface area contributed by atoms with Gasteiger partial charge >= 0.3 is 0 Å². The first-order valence-corrected chi connectivity index (χ1v) is 8.90. The molecule has 126 valence electrons. The lowest BCUT2D eigenvalue weighted by atomic mass is 9.94. The zero-order valence-corrected chi connectivity index (χ0v) is 14.2. The van der Waals surface area contributed by atoms with E-state index < -0.39 is 0 Å². The van der Waals surface area contributed by atoms with E-state index in [9.17, 15) is 4.79 Å². The Labute approximate surface area is 139 Å². The van der Waals surface area contributed by atoms with E-state index in [0.29, 0.717) is 5.91 Å². The van der Waals surface area contributed by atoms with Gasteiger partial charge in [0.1, 0.15) is 5.75 Å². The third-order valence-corrected chi connectivity index (χ3v) is 5.14. The molecule has 4 nitrogen and oxygen atoms in total. The van der Waals surface area contributed by atoms with Gasteiger partial charge in [-0.1, -0.05) is 12.1 Å². The summed E-state index contributed by atoms with van der Waals surface area (Å²) < 4.78 is 5.29. The molecule has 0 radical (unpaired) electrons. The summed E-state index contributed by atoms with van der Waals surface area (Å²) >= 11 is 0. The van der Waals surface area contributed by atoms with Crippen LogP contribution in [0.4, 0.5) is 0 Å². The molecular formula is C19H28N2O2. The van der Waals surface area contributed by atoms with Crippen molar-refractivity contribution in [2.75, 3.05) is 33.3 Å². The summed E-state index contributed by atoms with van der Waals surface area (Å²) in [6.07, 6.45) is 5.64. The Balaban J connectivity index is 1.48. The third-order valence-electron chi connectivity index (χ3n) is 5.14. The van der Waals surface area contributed by atoms with Crippen molar-refractivity contribution in [1.82, 2.24) is 9.80 Å². The zero-order chi connectivity index (χ0) is 16.1. The van der Waals surface area contributed by atoms with Crippen LogP contribution in [0.2, 0.25) is 0 Å². The van der Waals surface area contributed by atoms with E-state index in [1.54, 1.807) is 7.11 Å². The summed E-state index contributed by atoms with van der Waals surface area (Å²) in [4.78, 5) is 17.1. The average Bonchev–Trinajstić information content (AvgIpc) is 2.63. The van der Waals surface area contributed by atoms with Gasteiger partial charge in [0, 0.05) is 25.6 Å². The average molecular weight is 316 g/mol. The van der Waals surface area contributed by atoms with Crippen molar-refractivity contribution in [2.24, 2.45) is 5.92 Å². The quantitative estimate of drug-likeness (QED) is 0.856. The molecule has 2 aliphatic rings. The number of piperidine rings is 2. The van der Waals surface area contributed by atoms with E-state index in [0.717, 1.165) is 51.3 Å². The van der Waals surface area contributed by atoms with Crippen molar-refractivity contribution < 1.29 is 9.53 Å². The highest BCUT2D eigenvalue weighted by atomic mass is 16.5. The maximum atomic E-state index is 12.6. The normalized spacial score (nSPS) is 20.5. The standard InChI is InChI=1S/C19H28N2O2/c1-23-18-7-5-6-16(14-18)15-20-12-8-17(9-13-20)19(22)21-10-3-2-4-11-21/h5-7,14,17H,2-4,8-13,15H2,1H3. The van der Waals surface area contributed by atoms with Crippen molar-refractivity contribution >= 4 is 5.91 Å². The first-order chi connectivity index (χ1) is 11.3. The molecule has 1 aromatic carbocycles. The zero-order valence-electron chi connectivity index (χ0n) is 14.2. The number of carbonyl (C=O) groups excluding carboxylic acids is 1. The molecule has 0 aromatic heterocycles. The molecule has 0 bridgehead atoms. The van der Waals surface area contributed by atoms with E-state index in [-0.39, 0.29) is 5.92 Å². The summed E-state index contributed by atoms with van der Waals surface area (Å²) in [5, 5.41) is 0. The first-order valence-electron chi connectivity index (χ1n) is 8.90. The third kappa shape index (κ3) is 4.25. The molecule has 4 heteroatoms. The van der Waals surface area contributed by atoms with Crippen molar-refractivity contribution in [3.8, 4) is 5.75 Å². The van der Waals surface area contributed by atoms with Gasteiger partial charge in [-0.3, -0.25) is 9.69 Å². The second kappa shape index (κ2) is 7.82. The molecular weight excluding hydrogens is 288 g/mol. The van der Waals surface area contributed by atoms with Gasteiger partial charge in [-0.25, -0.2) is 0 Å². The second-order valence-corrected chi connectivity index (χ2v) is 6.79. The summed E-state index contributed by atoms with van der Waals surface area (Å²) in [5.41, 5.74) is 1.28. The van der Waals surface area contributed by atoms with Crippen molar-refractivity contribution in [1.29, 1.82) is 0 Å². The fraction of sp³-hybridized carbons (Fsp3) is 0.632. The maximum Gasteiger partial charge on any atom is 0.225 e. The molecule has 2 saturated heterocycles. The molecule has 0 aliphatic carbocycles. The number of carbonyl (C=O) groups is 1. The molecule has 0 spiro atoms. The van der Waals surface area contributed by atoms with E-state index in [4.69, 9.17) is 4.74 Å². The van der Waals surface area contributed by atoms with Gasteiger partial charge in [-0.05, 0) is 62.9 Å². The number of amides is 1. The Hall–Kier alpha value is -1.55. The fourth-order valence-corrected chi connectivity index (χ4v) is 3.74. The van der Waals surface area contributed by atoms with Crippen molar-refractivity contribution in [3.05, 3.63) is 29.8 Å². The van der Waals surface area contributed by atoms with E-state index in [1.165, 1.54) is 24.8 Å². The van der Waals surface area contributed by atoms with Gasteiger partial charge in [0.2, 0.25) is 5.91 Å². The molecule has 0 unspecified atom stereocenters. The largest absolute Gasteiger partial charge is 0.497 e. The SMILES string of the molecule is COc1cccc(CN2CCC(C(=O)N3CCCCC3)CC2)c1. The maximum absolute atomic E-state index is 12.6.